The van der Waals surface area contributed by atoms with Crippen LogP contribution >= 0.6 is 0 Å². The SMILES string of the molecule is Cc1cc(OCC[n+]2ccc(N)cc2)cc(OS(=O)(=O)c2ccnnc2)c1. The van der Waals surface area contributed by atoms with Crippen molar-refractivity contribution < 1.29 is 21.9 Å². The van der Waals surface area contributed by atoms with Crippen LogP contribution in [-0.4, -0.2) is 25.2 Å². The number of benzene rings is 1. The summed E-state index contributed by atoms with van der Waals surface area (Å²) in [5.74, 6) is 0.686. The van der Waals surface area contributed by atoms with Gasteiger partial charge in [-0.25, -0.2) is 4.57 Å². The molecule has 2 aromatic heterocycles. The molecule has 0 aliphatic carbocycles. The Labute approximate surface area is 157 Å². The molecule has 1 aromatic carbocycles. The van der Waals surface area contributed by atoms with Crippen LogP contribution in [0.3, 0.4) is 0 Å². The molecular weight excluding hydrogens is 368 g/mol. The molecular formula is C18H19N4O4S+. The van der Waals surface area contributed by atoms with Crippen molar-refractivity contribution in [1.82, 2.24) is 10.2 Å². The molecule has 8 nitrogen and oxygen atoms in total. The van der Waals surface area contributed by atoms with E-state index in [2.05, 4.69) is 10.2 Å². The lowest BCUT2D eigenvalue weighted by Crippen LogP contribution is -2.35. The van der Waals surface area contributed by atoms with Gasteiger partial charge in [0.15, 0.2) is 18.9 Å². The molecule has 9 heteroatoms. The third-order valence-electron chi connectivity index (χ3n) is 3.61. The van der Waals surface area contributed by atoms with E-state index in [-0.39, 0.29) is 10.6 Å². The highest BCUT2D eigenvalue weighted by atomic mass is 32.2. The number of hydrogen-bond acceptors (Lipinski definition) is 7. The molecule has 3 aromatic rings. The fourth-order valence-electron chi connectivity index (χ4n) is 2.33. The maximum absolute atomic E-state index is 12.3. The van der Waals surface area contributed by atoms with Gasteiger partial charge in [-0.15, -0.1) is 0 Å². The maximum Gasteiger partial charge on any atom is 0.340 e. The molecule has 0 aliphatic heterocycles. The third kappa shape index (κ3) is 5.14. The Bertz CT molecular complexity index is 1010. The van der Waals surface area contributed by atoms with Crippen LogP contribution in [0.2, 0.25) is 0 Å². The number of nitrogens with two attached hydrogens (primary N) is 1. The Morgan fingerprint density at radius 2 is 1.81 bits per heavy atom. The van der Waals surface area contributed by atoms with Crippen LogP contribution in [0.1, 0.15) is 5.56 Å². The van der Waals surface area contributed by atoms with Crippen molar-refractivity contribution in [1.29, 1.82) is 0 Å². The van der Waals surface area contributed by atoms with Gasteiger partial charge < -0.3 is 14.7 Å². The van der Waals surface area contributed by atoms with Crippen LogP contribution in [0.5, 0.6) is 11.5 Å². The Balaban J connectivity index is 1.68. The molecule has 140 valence electrons. The molecule has 0 fully saturated rings. The highest BCUT2D eigenvalue weighted by molar-refractivity contribution is 7.87. The summed E-state index contributed by atoms with van der Waals surface area (Å²) in [6.07, 6.45) is 6.14. The zero-order chi connectivity index (χ0) is 19.3. The van der Waals surface area contributed by atoms with Gasteiger partial charge in [0.2, 0.25) is 0 Å². The van der Waals surface area contributed by atoms with Crippen LogP contribution in [0.15, 0.2) is 66.1 Å². The van der Waals surface area contributed by atoms with Crippen LogP contribution in [-0.2, 0) is 16.7 Å². The van der Waals surface area contributed by atoms with E-state index in [0.717, 1.165) is 11.8 Å². The van der Waals surface area contributed by atoms with E-state index in [9.17, 15) is 8.42 Å². The van der Waals surface area contributed by atoms with Gasteiger partial charge >= 0.3 is 10.1 Å². The third-order valence-corrected chi connectivity index (χ3v) is 4.84. The molecule has 2 N–H and O–H groups in total. The van der Waals surface area contributed by atoms with Crippen molar-refractivity contribution in [3.05, 3.63) is 66.7 Å². The van der Waals surface area contributed by atoms with Gasteiger partial charge in [-0.1, -0.05) is 0 Å². The molecule has 0 spiro atoms. The lowest BCUT2D eigenvalue weighted by molar-refractivity contribution is -0.697. The second-order valence-corrected chi connectivity index (χ2v) is 7.36. The first kappa shape index (κ1) is 18.6. The number of aromatic nitrogens is 3. The smallest absolute Gasteiger partial charge is 0.340 e. The Morgan fingerprint density at radius 3 is 2.52 bits per heavy atom. The number of nitrogens with zero attached hydrogens (tertiary/aromatic N) is 3. The number of pyridine rings is 1. The fraction of sp³-hybridized carbons (Fsp3) is 0.167. The average Bonchev–Trinajstić information content (AvgIpc) is 2.63. The monoisotopic (exact) mass is 387 g/mol. The summed E-state index contributed by atoms with van der Waals surface area (Å²) in [5, 5.41) is 7.12. The largest absolute Gasteiger partial charge is 0.487 e. The number of aryl methyl sites for hydroxylation is 1. The van der Waals surface area contributed by atoms with Crippen LogP contribution in [0.4, 0.5) is 5.69 Å². The van der Waals surface area contributed by atoms with Crippen molar-refractivity contribution >= 4 is 15.8 Å². The van der Waals surface area contributed by atoms with Crippen LogP contribution < -0.4 is 19.2 Å². The van der Waals surface area contributed by atoms with Crippen molar-refractivity contribution in [2.24, 2.45) is 0 Å². The summed E-state index contributed by atoms with van der Waals surface area (Å²) in [6.45, 7) is 2.85. The van der Waals surface area contributed by atoms with Gasteiger partial charge in [-0.2, -0.15) is 18.6 Å². The molecule has 0 saturated heterocycles. The van der Waals surface area contributed by atoms with E-state index >= 15 is 0 Å². The van der Waals surface area contributed by atoms with E-state index < -0.39 is 10.1 Å². The van der Waals surface area contributed by atoms with Crippen LogP contribution in [0, 0.1) is 6.92 Å². The molecule has 0 saturated carbocycles. The molecule has 0 amide bonds. The van der Waals surface area contributed by atoms with Gasteiger partial charge in [0.25, 0.3) is 0 Å². The molecule has 2 heterocycles. The van der Waals surface area contributed by atoms with E-state index in [1.165, 1.54) is 18.3 Å². The quantitative estimate of drug-likeness (QED) is 0.483. The number of hydrogen-bond donors (Lipinski definition) is 1. The minimum atomic E-state index is -3.99. The fourth-order valence-corrected chi connectivity index (χ4v) is 3.18. The first-order valence-corrected chi connectivity index (χ1v) is 9.53. The Hall–Kier alpha value is -3.20. The standard InChI is InChI=1S/C18H18N4O4S/c1-14-10-16(25-9-8-22-6-3-15(19)4-7-22)12-17(11-14)26-27(23,24)18-2-5-20-21-13-18/h2-7,10-13,19H,8-9H2,1H3/p+1. The molecule has 0 radical (unpaired) electrons. The lowest BCUT2D eigenvalue weighted by Gasteiger charge is -2.10. The number of nitrogen functional groups attached to an aromatic ring is 1. The second-order valence-electron chi connectivity index (χ2n) is 5.82. The van der Waals surface area contributed by atoms with E-state index in [4.69, 9.17) is 14.7 Å². The zero-order valence-corrected chi connectivity index (χ0v) is 15.5. The summed E-state index contributed by atoms with van der Waals surface area (Å²) >= 11 is 0. The minimum Gasteiger partial charge on any atom is -0.487 e. The van der Waals surface area contributed by atoms with Crippen molar-refractivity contribution in [3.63, 3.8) is 0 Å². The molecule has 0 atom stereocenters. The molecule has 0 bridgehead atoms. The van der Waals surface area contributed by atoms with Gasteiger partial charge in [0.1, 0.15) is 23.0 Å². The second kappa shape index (κ2) is 8.00. The topological polar surface area (TPSA) is 108 Å². The number of ether oxygens (including phenoxy) is 1. The van der Waals surface area contributed by atoms with E-state index in [0.29, 0.717) is 24.6 Å². The van der Waals surface area contributed by atoms with Gasteiger partial charge in [0.05, 0.1) is 12.4 Å². The highest BCUT2D eigenvalue weighted by Crippen LogP contribution is 2.25. The van der Waals surface area contributed by atoms with E-state index in [1.54, 1.807) is 24.3 Å². The predicted octanol–water partition coefficient (Wildman–Crippen LogP) is 1.50. The van der Waals surface area contributed by atoms with Crippen molar-refractivity contribution in [3.8, 4) is 11.5 Å². The maximum atomic E-state index is 12.3. The zero-order valence-electron chi connectivity index (χ0n) is 14.6. The van der Waals surface area contributed by atoms with Gasteiger partial charge in [-0.3, -0.25) is 0 Å². The van der Waals surface area contributed by atoms with Crippen molar-refractivity contribution in [2.75, 3.05) is 12.3 Å². The predicted molar refractivity (Wildman–Crippen MR) is 97.6 cm³/mol. The molecule has 27 heavy (non-hydrogen) atoms. The first-order chi connectivity index (χ1) is 12.9. The summed E-state index contributed by atoms with van der Waals surface area (Å²) < 4.78 is 37.5. The summed E-state index contributed by atoms with van der Waals surface area (Å²) in [7, 11) is -3.99. The van der Waals surface area contributed by atoms with Gasteiger partial charge in [0, 0.05) is 23.9 Å². The lowest BCUT2D eigenvalue weighted by atomic mass is 10.2. The Kier molecular flexibility index (Phi) is 5.51. The highest BCUT2D eigenvalue weighted by Gasteiger charge is 2.17. The van der Waals surface area contributed by atoms with Crippen LogP contribution in [0.25, 0.3) is 0 Å². The summed E-state index contributed by atoms with van der Waals surface area (Å²) in [5.41, 5.74) is 7.16. The van der Waals surface area contributed by atoms with Gasteiger partial charge in [-0.05, 0) is 30.7 Å². The van der Waals surface area contributed by atoms with E-state index in [1.807, 2.05) is 23.9 Å². The molecule has 3 rings (SSSR count). The normalized spacial score (nSPS) is 11.1. The average molecular weight is 387 g/mol. The summed E-state index contributed by atoms with van der Waals surface area (Å²) in [4.78, 5) is -0.0683. The first-order valence-electron chi connectivity index (χ1n) is 8.13. The molecule has 0 unspecified atom stereocenters. The Morgan fingerprint density at radius 1 is 1.07 bits per heavy atom. The number of rotatable bonds is 7. The van der Waals surface area contributed by atoms with Crippen molar-refractivity contribution in [2.45, 2.75) is 18.4 Å². The molecule has 0 aliphatic rings. The summed E-state index contributed by atoms with van der Waals surface area (Å²) in [6, 6.07) is 9.88. The minimum absolute atomic E-state index is 0.0683. The number of anilines is 1.